The van der Waals surface area contributed by atoms with E-state index >= 15 is 0 Å². The first-order chi connectivity index (χ1) is 28.6. The summed E-state index contributed by atoms with van der Waals surface area (Å²) in [4.78, 5) is 25.2. The Bertz CT molecular complexity index is 1140. The standard InChI is InChI=1S/C53H88O5/c1-4-7-10-13-16-18-20-22-24-25-26-27-28-30-32-34-36-39-42-45-48-56-49-51(58-53(55)47-44-41-37-15-12-9-6-3)50-57-52(54)46-43-40-38-35-33-31-29-23-21-19-17-14-11-8-5-2/h7-8,10-11,16-19,22-24,26-27,29-30,32,51H,4-6,9,12-15,20-21,25,28,31,33-50H2,1-3H3/b10-7-,11-8-,18-16-,19-17-,24-22-,27-26-,29-23-,32-30-. The van der Waals surface area contributed by atoms with Gasteiger partial charge in [-0.25, -0.2) is 0 Å². The van der Waals surface area contributed by atoms with Gasteiger partial charge >= 0.3 is 11.9 Å². The summed E-state index contributed by atoms with van der Waals surface area (Å²) in [6.45, 7) is 7.48. The lowest BCUT2D eigenvalue weighted by molar-refractivity contribution is -0.163. The van der Waals surface area contributed by atoms with Crippen LogP contribution < -0.4 is 0 Å². The second kappa shape index (κ2) is 48.2. The molecule has 0 saturated heterocycles. The van der Waals surface area contributed by atoms with E-state index in [1.54, 1.807) is 0 Å². The van der Waals surface area contributed by atoms with Crippen LogP contribution in [0, 0.1) is 0 Å². The van der Waals surface area contributed by atoms with Crippen molar-refractivity contribution >= 4 is 11.9 Å². The Labute approximate surface area is 358 Å². The molecule has 5 nitrogen and oxygen atoms in total. The van der Waals surface area contributed by atoms with Gasteiger partial charge in [0.1, 0.15) is 6.61 Å². The summed E-state index contributed by atoms with van der Waals surface area (Å²) in [5.74, 6) is -0.443. The topological polar surface area (TPSA) is 61.8 Å². The van der Waals surface area contributed by atoms with Crippen molar-refractivity contribution in [2.75, 3.05) is 19.8 Å². The molecule has 0 N–H and O–H groups in total. The summed E-state index contributed by atoms with van der Waals surface area (Å²) in [7, 11) is 0. The number of allylic oxidation sites excluding steroid dienone is 16. The van der Waals surface area contributed by atoms with Crippen LogP contribution in [0.1, 0.15) is 201 Å². The summed E-state index contributed by atoms with van der Waals surface area (Å²) in [5, 5.41) is 0. The van der Waals surface area contributed by atoms with Gasteiger partial charge in [-0.05, 0) is 96.3 Å². The van der Waals surface area contributed by atoms with E-state index < -0.39 is 6.10 Å². The van der Waals surface area contributed by atoms with E-state index in [0.29, 0.717) is 19.4 Å². The molecule has 0 fully saturated rings. The fourth-order valence-electron chi connectivity index (χ4n) is 6.14. The van der Waals surface area contributed by atoms with Crippen molar-refractivity contribution < 1.29 is 23.8 Å². The highest BCUT2D eigenvalue weighted by atomic mass is 16.6. The normalized spacial score (nSPS) is 13.1. The molecule has 0 spiro atoms. The smallest absolute Gasteiger partial charge is 0.306 e. The fourth-order valence-corrected chi connectivity index (χ4v) is 6.14. The Morgan fingerprint density at radius 2 is 0.776 bits per heavy atom. The van der Waals surface area contributed by atoms with Gasteiger partial charge in [0.05, 0.1) is 6.61 Å². The fraction of sp³-hybridized carbons (Fsp3) is 0.660. The van der Waals surface area contributed by atoms with Gasteiger partial charge in [0.2, 0.25) is 0 Å². The van der Waals surface area contributed by atoms with E-state index in [-0.39, 0.29) is 25.2 Å². The maximum Gasteiger partial charge on any atom is 0.306 e. The molecule has 1 atom stereocenters. The van der Waals surface area contributed by atoms with Crippen molar-refractivity contribution in [1.29, 1.82) is 0 Å². The summed E-state index contributed by atoms with van der Waals surface area (Å²) in [6.07, 6.45) is 64.2. The van der Waals surface area contributed by atoms with Crippen LogP contribution >= 0.6 is 0 Å². The van der Waals surface area contributed by atoms with Gasteiger partial charge in [-0.3, -0.25) is 9.59 Å². The van der Waals surface area contributed by atoms with E-state index in [2.05, 4.69) is 118 Å². The van der Waals surface area contributed by atoms with E-state index in [9.17, 15) is 9.59 Å². The number of carbonyl (C=O) groups is 2. The van der Waals surface area contributed by atoms with E-state index in [0.717, 1.165) is 116 Å². The summed E-state index contributed by atoms with van der Waals surface area (Å²) < 4.78 is 17.3. The molecule has 0 heterocycles. The molecule has 330 valence electrons. The van der Waals surface area contributed by atoms with E-state index in [1.165, 1.54) is 51.4 Å². The van der Waals surface area contributed by atoms with Crippen molar-refractivity contribution in [3.05, 3.63) is 97.2 Å². The van der Waals surface area contributed by atoms with Crippen LogP contribution in [-0.2, 0) is 23.8 Å². The molecule has 0 bridgehead atoms. The molecule has 0 radical (unpaired) electrons. The van der Waals surface area contributed by atoms with Crippen LogP contribution in [0.3, 0.4) is 0 Å². The number of unbranched alkanes of at least 4 members (excludes halogenated alkanes) is 15. The summed E-state index contributed by atoms with van der Waals surface area (Å²) in [5.41, 5.74) is 0. The zero-order valence-electron chi connectivity index (χ0n) is 37.8. The van der Waals surface area contributed by atoms with E-state index in [1.807, 2.05) is 0 Å². The first-order valence-corrected chi connectivity index (χ1v) is 23.8. The quantitative estimate of drug-likeness (QED) is 0.0349. The first-order valence-electron chi connectivity index (χ1n) is 23.8. The highest BCUT2D eigenvalue weighted by Crippen LogP contribution is 2.12. The lowest BCUT2D eigenvalue weighted by atomic mass is 10.1. The van der Waals surface area contributed by atoms with Crippen molar-refractivity contribution in [3.8, 4) is 0 Å². The SMILES string of the molecule is CC/C=C\C/C=C\C/C=C\C/C=C\C/C=C\CCCCCCOCC(COC(=O)CCCCCCC/C=C\C/C=C\C/C=C\CC)OC(=O)CCCCCCCCC. The average molecular weight is 805 g/mol. The Morgan fingerprint density at radius 3 is 1.24 bits per heavy atom. The molecule has 0 aromatic rings. The van der Waals surface area contributed by atoms with Crippen molar-refractivity contribution in [1.82, 2.24) is 0 Å². The number of ether oxygens (including phenoxy) is 3. The van der Waals surface area contributed by atoms with Gasteiger partial charge in [-0.2, -0.15) is 0 Å². The predicted molar refractivity (Wildman–Crippen MR) is 251 cm³/mol. The molecular formula is C53H88O5. The number of hydrogen-bond acceptors (Lipinski definition) is 5. The van der Waals surface area contributed by atoms with Gasteiger partial charge in [-0.15, -0.1) is 0 Å². The lowest BCUT2D eigenvalue weighted by Gasteiger charge is -2.18. The second-order valence-corrected chi connectivity index (χ2v) is 15.3. The second-order valence-electron chi connectivity index (χ2n) is 15.3. The lowest BCUT2D eigenvalue weighted by Crippen LogP contribution is -2.30. The Morgan fingerprint density at radius 1 is 0.397 bits per heavy atom. The molecule has 1 unspecified atom stereocenters. The minimum atomic E-state index is -0.558. The van der Waals surface area contributed by atoms with Crippen LogP contribution in [0.25, 0.3) is 0 Å². The summed E-state index contributed by atoms with van der Waals surface area (Å²) in [6, 6.07) is 0. The van der Waals surface area contributed by atoms with Crippen LogP contribution in [0.15, 0.2) is 97.2 Å². The third kappa shape index (κ3) is 45.5. The van der Waals surface area contributed by atoms with Crippen molar-refractivity contribution in [2.45, 2.75) is 207 Å². The minimum absolute atomic E-state index is 0.0613. The molecule has 0 aliphatic carbocycles. The number of rotatable bonds is 42. The Kier molecular flexibility index (Phi) is 45.5. The third-order valence-electron chi connectivity index (χ3n) is 9.62. The summed E-state index contributed by atoms with van der Waals surface area (Å²) >= 11 is 0. The molecule has 0 amide bonds. The maximum absolute atomic E-state index is 12.6. The minimum Gasteiger partial charge on any atom is -0.462 e. The highest BCUT2D eigenvalue weighted by molar-refractivity contribution is 5.70. The number of carbonyl (C=O) groups excluding carboxylic acids is 2. The van der Waals surface area contributed by atoms with Crippen molar-refractivity contribution in [2.24, 2.45) is 0 Å². The molecular weight excluding hydrogens is 717 g/mol. The third-order valence-corrected chi connectivity index (χ3v) is 9.62. The molecule has 0 rings (SSSR count). The van der Waals surface area contributed by atoms with Gasteiger partial charge in [0.25, 0.3) is 0 Å². The molecule has 0 aromatic carbocycles. The molecule has 0 aliphatic heterocycles. The van der Waals surface area contributed by atoms with Crippen LogP contribution in [0.5, 0.6) is 0 Å². The van der Waals surface area contributed by atoms with Crippen LogP contribution in [0.2, 0.25) is 0 Å². The first kappa shape index (κ1) is 54.8. The van der Waals surface area contributed by atoms with Crippen molar-refractivity contribution in [3.63, 3.8) is 0 Å². The molecule has 58 heavy (non-hydrogen) atoms. The largest absolute Gasteiger partial charge is 0.462 e. The van der Waals surface area contributed by atoms with Gasteiger partial charge in [0.15, 0.2) is 6.10 Å². The Balaban J connectivity index is 4.23. The molecule has 0 aliphatic rings. The number of esters is 2. The van der Waals surface area contributed by atoms with Crippen LogP contribution in [-0.4, -0.2) is 37.9 Å². The molecule has 0 saturated carbocycles. The Hall–Kier alpha value is -3.18. The maximum atomic E-state index is 12.6. The predicted octanol–water partition coefficient (Wildman–Crippen LogP) is 15.9. The van der Waals surface area contributed by atoms with Gasteiger partial charge < -0.3 is 14.2 Å². The zero-order chi connectivity index (χ0) is 42.1. The zero-order valence-corrected chi connectivity index (χ0v) is 37.8. The molecule has 5 heteroatoms. The highest BCUT2D eigenvalue weighted by Gasteiger charge is 2.17. The molecule has 0 aromatic heterocycles. The number of hydrogen-bond donors (Lipinski definition) is 0. The van der Waals surface area contributed by atoms with Gasteiger partial charge in [-0.1, -0.05) is 189 Å². The van der Waals surface area contributed by atoms with Gasteiger partial charge in [0, 0.05) is 19.4 Å². The van der Waals surface area contributed by atoms with Crippen LogP contribution in [0.4, 0.5) is 0 Å². The van der Waals surface area contributed by atoms with E-state index in [4.69, 9.17) is 14.2 Å². The average Bonchev–Trinajstić information content (AvgIpc) is 3.22. The monoisotopic (exact) mass is 805 g/mol.